The van der Waals surface area contributed by atoms with Crippen molar-refractivity contribution in [1.82, 2.24) is 15.6 Å². The van der Waals surface area contributed by atoms with E-state index in [9.17, 15) is 0 Å². The molecule has 4 rings (SSSR count). The molecule has 2 aromatic carbocycles. The number of benzene rings is 2. The van der Waals surface area contributed by atoms with E-state index in [1.807, 2.05) is 18.2 Å². The van der Waals surface area contributed by atoms with Crippen LogP contribution in [-0.4, -0.2) is 23.8 Å². The minimum absolute atomic E-state index is 0.322. The van der Waals surface area contributed by atoms with Crippen molar-refractivity contribution in [1.29, 1.82) is 0 Å². The van der Waals surface area contributed by atoms with Gasteiger partial charge in [0.05, 0.1) is 18.3 Å². The average Bonchev–Trinajstić information content (AvgIpc) is 3.00. The van der Waals surface area contributed by atoms with E-state index in [0.717, 1.165) is 16.8 Å². The predicted octanol–water partition coefficient (Wildman–Crippen LogP) is 3.60. The lowest BCUT2D eigenvalue weighted by Gasteiger charge is -2.25. The highest BCUT2D eigenvalue weighted by atomic mass is 32.1. The first-order valence-electron chi connectivity index (χ1n) is 8.20. The van der Waals surface area contributed by atoms with Crippen LogP contribution in [0, 0.1) is 0 Å². The summed E-state index contributed by atoms with van der Waals surface area (Å²) in [5.41, 5.74) is 2.63. The fourth-order valence-electron chi connectivity index (χ4n) is 3.28. The van der Waals surface area contributed by atoms with Crippen LogP contribution in [0.4, 0.5) is 0 Å². The third kappa shape index (κ3) is 2.81. The number of rotatable bonds is 3. The van der Waals surface area contributed by atoms with Gasteiger partial charge in [-0.1, -0.05) is 36.4 Å². The Bertz CT molecular complexity index is 972. The molecule has 1 atom stereocenters. The third-order valence-electron chi connectivity index (χ3n) is 4.69. The molecule has 1 fully saturated rings. The van der Waals surface area contributed by atoms with E-state index in [1.54, 1.807) is 7.11 Å². The molecule has 126 valence electrons. The molecule has 0 amide bonds. The zero-order chi connectivity index (χ0) is 17.4. The first-order chi connectivity index (χ1) is 12.1. The van der Waals surface area contributed by atoms with E-state index in [4.69, 9.17) is 21.9 Å². The molecule has 25 heavy (non-hydrogen) atoms. The van der Waals surface area contributed by atoms with Gasteiger partial charge in [-0.3, -0.25) is 0 Å². The van der Waals surface area contributed by atoms with E-state index < -0.39 is 0 Å². The molecular weight excluding hydrogens is 330 g/mol. The summed E-state index contributed by atoms with van der Waals surface area (Å²) in [7, 11) is 1.65. The highest BCUT2D eigenvalue weighted by Crippen LogP contribution is 2.33. The molecule has 2 heterocycles. The van der Waals surface area contributed by atoms with Crippen molar-refractivity contribution >= 4 is 28.1 Å². The molecule has 3 aromatic rings. The highest BCUT2D eigenvalue weighted by Gasteiger charge is 2.35. The fraction of sp³-hybridized carbons (Fsp3) is 0.200. The van der Waals surface area contributed by atoms with Crippen molar-refractivity contribution in [3.63, 3.8) is 0 Å². The molecule has 1 aromatic heterocycles. The van der Waals surface area contributed by atoms with E-state index >= 15 is 0 Å². The highest BCUT2D eigenvalue weighted by molar-refractivity contribution is 7.80. The molecule has 0 bridgehead atoms. The number of pyridine rings is 1. The Hall–Kier alpha value is -2.66. The molecular formula is C20H19N3OS. The van der Waals surface area contributed by atoms with Crippen molar-refractivity contribution in [2.75, 3.05) is 13.7 Å². The fourth-order valence-corrected chi connectivity index (χ4v) is 3.58. The molecule has 1 aliphatic heterocycles. The normalized spacial score (nSPS) is 19.5. The molecule has 5 heteroatoms. The SMILES string of the molecule is COc1nc(-c2ccc3ccccc3c2)ccc1C1(C)CNC(=S)N1. The summed E-state index contributed by atoms with van der Waals surface area (Å²) in [6.07, 6.45) is 0. The van der Waals surface area contributed by atoms with Gasteiger partial charge in [0.25, 0.3) is 0 Å². The number of nitrogens with zero attached hydrogens (tertiary/aromatic N) is 1. The Kier molecular flexibility index (Phi) is 3.81. The van der Waals surface area contributed by atoms with Gasteiger partial charge < -0.3 is 15.4 Å². The summed E-state index contributed by atoms with van der Waals surface area (Å²) in [5, 5.41) is 9.54. The number of hydrogen-bond donors (Lipinski definition) is 2. The number of thiocarbonyl (C=S) groups is 1. The van der Waals surface area contributed by atoms with Crippen LogP contribution in [0.2, 0.25) is 0 Å². The van der Waals surface area contributed by atoms with E-state index in [0.29, 0.717) is 17.5 Å². The Morgan fingerprint density at radius 1 is 1.08 bits per heavy atom. The maximum atomic E-state index is 5.59. The molecule has 1 unspecified atom stereocenters. The number of ether oxygens (including phenoxy) is 1. The number of nitrogens with one attached hydrogen (secondary N) is 2. The Labute approximate surface area is 152 Å². The summed E-state index contributed by atoms with van der Waals surface area (Å²) in [6.45, 7) is 2.80. The van der Waals surface area contributed by atoms with Crippen LogP contribution < -0.4 is 15.4 Å². The zero-order valence-electron chi connectivity index (χ0n) is 14.2. The van der Waals surface area contributed by atoms with Crippen molar-refractivity contribution < 1.29 is 4.74 Å². The van der Waals surface area contributed by atoms with Gasteiger partial charge in [-0.25, -0.2) is 4.98 Å². The number of fused-ring (bicyclic) bond motifs is 1. The molecule has 0 saturated carbocycles. The lowest BCUT2D eigenvalue weighted by atomic mass is 9.93. The molecule has 0 spiro atoms. The minimum atomic E-state index is -0.322. The van der Waals surface area contributed by atoms with Crippen LogP contribution in [-0.2, 0) is 5.54 Å². The van der Waals surface area contributed by atoms with Gasteiger partial charge in [0.1, 0.15) is 0 Å². The average molecular weight is 349 g/mol. The van der Waals surface area contributed by atoms with Crippen LogP contribution in [0.1, 0.15) is 12.5 Å². The number of methoxy groups -OCH3 is 1. The molecule has 4 nitrogen and oxygen atoms in total. The molecule has 2 N–H and O–H groups in total. The standard InChI is InChI=1S/C20H19N3OS/c1-20(12-21-19(25)23-20)16-9-10-17(22-18(16)24-2)15-8-7-13-5-3-4-6-14(13)11-15/h3-11H,12H2,1-2H3,(H2,21,23,25). The Morgan fingerprint density at radius 3 is 2.60 bits per heavy atom. The second kappa shape index (κ2) is 6.01. The zero-order valence-corrected chi connectivity index (χ0v) is 15.0. The first-order valence-corrected chi connectivity index (χ1v) is 8.61. The third-order valence-corrected chi connectivity index (χ3v) is 4.93. The molecule has 1 saturated heterocycles. The van der Waals surface area contributed by atoms with Gasteiger partial charge in [0, 0.05) is 17.7 Å². The van der Waals surface area contributed by atoms with Crippen molar-refractivity contribution in [3.8, 4) is 17.1 Å². The molecule has 1 aliphatic rings. The van der Waals surface area contributed by atoms with Gasteiger partial charge in [-0.05, 0) is 48.1 Å². The summed E-state index contributed by atoms with van der Waals surface area (Å²) in [4.78, 5) is 4.75. The van der Waals surface area contributed by atoms with E-state index in [2.05, 4.69) is 54.0 Å². The quantitative estimate of drug-likeness (QED) is 0.708. The van der Waals surface area contributed by atoms with Gasteiger partial charge in [-0.2, -0.15) is 0 Å². The number of aromatic nitrogens is 1. The maximum absolute atomic E-state index is 5.59. The van der Waals surface area contributed by atoms with Gasteiger partial charge in [0.15, 0.2) is 5.11 Å². The lowest BCUT2D eigenvalue weighted by Crippen LogP contribution is -2.37. The Balaban J connectivity index is 1.77. The number of hydrogen-bond acceptors (Lipinski definition) is 3. The first kappa shape index (κ1) is 15.8. The van der Waals surface area contributed by atoms with Crippen LogP contribution >= 0.6 is 12.2 Å². The summed E-state index contributed by atoms with van der Waals surface area (Å²) in [6, 6.07) is 18.8. The van der Waals surface area contributed by atoms with Crippen LogP contribution in [0.25, 0.3) is 22.0 Å². The molecule has 0 aliphatic carbocycles. The summed E-state index contributed by atoms with van der Waals surface area (Å²) < 4.78 is 5.59. The van der Waals surface area contributed by atoms with E-state index in [1.165, 1.54) is 10.8 Å². The van der Waals surface area contributed by atoms with Crippen molar-refractivity contribution in [2.45, 2.75) is 12.5 Å². The van der Waals surface area contributed by atoms with Gasteiger partial charge >= 0.3 is 0 Å². The second-order valence-corrected chi connectivity index (χ2v) is 6.86. The topological polar surface area (TPSA) is 46.2 Å². The Morgan fingerprint density at radius 2 is 1.88 bits per heavy atom. The van der Waals surface area contributed by atoms with Crippen LogP contribution in [0.15, 0.2) is 54.6 Å². The van der Waals surface area contributed by atoms with Crippen molar-refractivity contribution in [3.05, 3.63) is 60.2 Å². The lowest BCUT2D eigenvalue weighted by molar-refractivity contribution is 0.369. The van der Waals surface area contributed by atoms with Crippen LogP contribution in [0.3, 0.4) is 0 Å². The minimum Gasteiger partial charge on any atom is -0.481 e. The maximum Gasteiger partial charge on any atom is 0.219 e. The van der Waals surface area contributed by atoms with E-state index in [-0.39, 0.29) is 5.54 Å². The van der Waals surface area contributed by atoms with Crippen molar-refractivity contribution in [2.24, 2.45) is 0 Å². The smallest absolute Gasteiger partial charge is 0.219 e. The predicted molar refractivity (Wildman–Crippen MR) is 105 cm³/mol. The monoisotopic (exact) mass is 349 g/mol. The summed E-state index contributed by atoms with van der Waals surface area (Å²) >= 11 is 5.21. The van der Waals surface area contributed by atoms with Gasteiger partial charge in [-0.15, -0.1) is 0 Å². The second-order valence-electron chi connectivity index (χ2n) is 6.46. The molecule has 0 radical (unpaired) electrons. The largest absolute Gasteiger partial charge is 0.481 e. The van der Waals surface area contributed by atoms with Gasteiger partial charge in [0.2, 0.25) is 5.88 Å². The summed E-state index contributed by atoms with van der Waals surface area (Å²) in [5.74, 6) is 0.618. The van der Waals surface area contributed by atoms with Crippen LogP contribution in [0.5, 0.6) is 5.88 Å².